The van der Waals surface area contributed by atoms with Gasteiger partial charge in [0.25, 0.3) is 0 Å². The Morgan fingerprint density at radius 2 is 2.00 bits per heavy atom. The fourth-order valence-electron chi connectivity index (χ4n) is 0.960. The first-order valence-corrected chi connectivity index (χ1v) is 5.62. The summed E-state index contributed by atoms with van der Waals surface area (Å²) in [7, 11) is 0. The summed E-state index contributed by atoms with van der Waals surface area (Å²) in [5.41, 5.74) is 0. The molecular weight excluding hydrogens is 326 g/mol. The van der Waals surface area contributed by atoms with Gasteiger partial charge in [-0.25, -0.2) is 0 Å². The molecule has 0 N–H and O–H groups in total. The van der Waals surface area contributed by atoms with Gasteiger partial charge in [0.2, 0.25) is 5.88 Å². The van der Waals surface area contributed by atoms with Crippen molar-refractivity contribution in [2.45, 2.75) is 0 Å². The van der Waals surface area contributed by atoms with Gasteiger partial charge < -0.3 is 4.74 Å². The van der Waals surface area contributed by atoms with E-state index in [0.29, 0.717) is 11.6 Å². The zero-order valence-electron chi connectivity index (χ0n) is 7.39. The van der Waals surface area contributed by atoms with Gasteiger partial charge in [0.1, 0.15) is 5.75 Å². The summed E-state index contributed by atoms with van der Waals surface area (Å²) in [4.78, 5) is 0. The van der Waals surface area contributed by atoms with E-state index in [4.69, 9.17) is 4.74 Å². The zero-order valence-corrected chi connectivity index (χ0v) is 10.6. The first-order valence-electron chi connectivity index (χ1n) is 4.03. The third-order valence-corrected chi connectivity index (χ3v) is 3.62. The van der Waals surface area contributed by atoms with Crippen molar-refractivity contribution in [2.75, 3.05) is 0 Å². The second kappa shape index (κ2) is 4.67. The Bertz CT molecular complexity index is 464. The van der Waals surface area contributed by atoms with E-state index in [1.807, 2.05) is 18.2 Å². The van der Waals surface area contributed by atoms with Crippen molar-refractivity contribution < 1.29 is 4.74 Å². The topological polar surface area (TPSA) is 47.9 Å². The van der Waals surface area contributed by atoms with Crippen LogP contribution in [0.25, 0.3) is 0 Å². The lowest BCUT2D eigenvalue weighted by atomic mass is 10.3. The fraction of sp³-hybridized carbons (Fsp3) is 0. The lowest BCUT2D eigenvalue weighted by Crippen LogP contribution is -1.92. The van der Waals surface area contributed by atoms with Crippen LogP contribution in [0, 0.1) is 0 Å². The predicted octanol–water partition coefficient (Wildman–Crippen LogP) is 3.19. The number of aromatic nitrogens is 3. The molecule has 2 rings (SSSR count). The van der Waals surface area contributed by atoms with Gasteiger partial charge in [-0.1, -0.05) is 11.2 Å². The van der Waals surface area contributed by atoms with Gasteiger partial charge in [0.05, 0.1) is 10.7 Å². The molecule has 2 aromatic rings. The van der Waals surface area contributed by atoms with Crippen LogP contribution in [0.2, 0.25) is 0 Å². The Hall–Kier alpha value is -1.01. The van der Waals surface area contributed by atoms with Crippen molar-refractivity contribution in [3.05, 3.63) is 39.4 Å². The summed E-state index contributed by atoms with van der Waals surface area (Å²) >= 11 is 6.79. The highest BCUT2D eigenvalue weighted by Crippen LogP contribution is 2.34. The number of nitrogens with zero attached hydrogens (tertiary/aromatic N) is 3. The van der Waals surface area contributed by atoms with Crippen molar-refractivity contribution in [1.82, 2.24) is 15.4 Å². The fourth-order valence-corrected chi connectivity index (χ4v) is 1.65. The molecule has 0 saturated heterocycles. The van der Waals surface area contributed by atoms with Gasteiger partial charge in [-0.3, -0.25) is 0 Å². The molecule has 0 aliphatic heterocycles. The average molecular weight is 331 g/mol. The quantitative estimate of drug-likeness (QED) is 0.848. The van der Waals surface area contributed by atoms with Crippen LogP contribution in [0.3, 0.4) is 0 Å². The lowest BCUT2D eigenvalue weighted by Gasteiger charge is -2.06. The molecule has 0 aliphatic carbocycles. The summed E-state index contributed by atoms with van der Waals surface area (Å²) in [6.07, 6.45) is 1.52. The molecule has 0 aliphatic rings. The van der Waals surface area contributed by atoms with Crippen LogP contribution in [0.1, 0.15) is 0 Å². The Morgan fingerprint density at radius 1 is 1.13 bits per heavy atom. The number of hydrogen-bond acceptors (Lipinski definition) is 4. The molecule has 1 aromatic carbocycles. The lowest BCUT2D eigenvalue weighted by molar-refractivity contribution is 0.447. The smallest absolute Gasteiger partial charge is 0.242 e. The summed E-state index contributed by atoms with van der Waals surface area (Å²) in [6.45, 7) is 0. The molecule has 0 saturated carbocycles. The Labute approximate surface area is 103 Å². The minimum atomic E-state index is 0.406. The monoisotopic (exact) mass is 329 g/mol. The molecular formula is C9H5Br2N3O. The number of benzene rings is 1. The van der Waals surface area contributed by atoms with E-state index in [0.717, 1.165) is 8.95 Å². The number of halogens is 2. The van der Waals surface area contributed by atoms with Crippen LogP contribution in [0.4, 0.5) is 0 Å². The Balaban J connectivity index is 2.29. The second-order valence-corrected chi connectivity index (χ2v) is 4.26. The molecule has 1 heterocycles. The van der Waals surface area contributed by atoms with Gasteiger partial charge in [-0.2, -0.15) is 0 Å². The Kier molecular flexibility index (Phi) is 3.27. The molecule has 15 heavy (non-hydrogen) atoms. The largest absolute Gasteiger partial charge is 0.436 e. The average Bonchev–Trinajstić information content (AvgIpc) is 2.26. The van der Waals surface area contributed by atoms with E-state index < -0.39 is 0 Å². The summed E-state index contributed by atoms with van der Waals surface area (Å²) in [5, 5.41) is 10.8. The van der Waals surface area contributed by atoms with Gasteiger partial charge in [0, 0.05) is 10.5 Å². The van der Waals surface area contributed by atoms with Gasteiger partial charge in [-0.05, 0) is 49.2 Å². The minimum absolute atomic E-state index is 0.406. The van der Waals surface area contributed by atoms with E-state index in [1.54, 1.807) is 6.07 Å². The minimum Gasteiger partial charge on any atom is -0.436 e. The van der Waals surface area contributed by atoms with Crippen LogP contribution in [0.15, 0.2) is 39.4 Å². The summed E-state index contributed by atoms with van der Waals surface area (Å²) in [6, 6.07) is 7.26. The standard InChI is InChI=1S/C9H5Br2N3O/c10-6-2-1-3-7(9(6)11)15-8-4-5-12-14-13-8/h1-5H. The molecule has 76 valence electrons. The van der Waals surface area contributed by atoms with E-state index in [9.17, 15) is 0 Å². The molecule has 0 unspecified atom stereocenters. The molecule has 6 heteroatoms. The van der Waals surface area contributed by atoms with Crippen molar-refractivity contribution >= 4 is 31.9 Å². The molecule has 0 spiro atoms. The highest BCUT2D eigenvalue weighted by atomic mass is 79.9. The molecule has 1 aromatic heterocycles. The molecule has 4 nitrogen and oxygen atoms in total. The molecule has 0 atom stereocenters. The van der Waals surface area contributed by atoms with E-state index in [-0.39, 0.29) is 0 Å². The highest BCUT2D eigenvalue weighted by Gasteiger charge is 2.06. The van der Waals surface area contributed by atoms with E-state index in [2.05, 4.69) is 47.3 Å². The van der Waals surface area contributed by atoms with Crippen LogP contribution in [-0.2, 0) is 0 Å². The maximum Gasteiger partial charge on any atom is 0.242 e. The molecule has 0 fully saturated rings. The van der Waals surface area contributed by atoms with Crippen LogP contribution in [-0.4, -0.2) is 15.4 Å². The molecule has 0 bridgehead atoms. The third-order valence-electron chi connectivity index (χ3n) is 1.61. The third kappa shape index (κ3) is 2.51. The Morgan fingerprint density at radius 3 is 2.73 bits per heavy atom. The van der Waals surface area contributed by atoms with Crippen LogP contribution >= 0.6 is 31.9 Å². The second-order valence-electron chi connectivity index (χ2n) is 2.61. The highest BCUT2D eigenvalue weighted by molar-refractivity contribution is 9.13. The SMILES string of the molecule is Brc1cccc(Oc2ccnnn2)c1Br. The number of hydrogen-bond donors (Lipinski definition) is 0. The maximum absolute atomic E-state index is 5.50. The van der Waals surface area contributed by atoms with E-state index >= 15 is 0 Å². The summed E-state index contributed by atoms with van der Waals surface area (Å²) < 4.78 is 7.25. The van der Waals surface area contributed by atoms with Crippen molar-refractivity contribution in [2.24, 2.45) is 0 Å². The van der Waals surface area contributed by atoms with Crippen LogP contribution in [0.5, 0.6) is 11.6 Å². The molecule has 0 radical (unpaired) electrons. The van der Waals surface area contributed by atoms with Crippen LogP contribution < -0.4 is 4.74 Å². The van der Waals surface area contributed by atoms with E-state index in [1.165, 1.54) is 6.20 Å². The zero-order chi connectivity index (χ0) is 10.7. The first kappa shape index (κ1) is 10.5. The van der Waals surface area contributed by atoms with Crippen molar-refractivity contribution in [1.29, 1.82) is 0 Å². The predicted molar refractivity (Wildman–Crippen MR) is 61.7 cm³/mol. The normalized spacial score (nSPS) is 10.0. The van der Waals surface area contributed by atoms with Crippen molar-refractivity contribution in [3.63, 3.8) is 0 Å². The molecule has 0 amide bonds. The van der Waals surface area contributed by atoms with Gasteiger partial charge >= 0.3 is 0 Å². The summed E-state index contributed by atoms with van der Waals surface area (Å²) in [5.74, 6) is 1.08. The first-order chi connectivity index (χ1) is 7.27. The number of ether oxygens (including phenoxy) is 1. The number of rotatable bonds is 2. The van der Waals surface area contributed by atoms with Crippen molar-refractivity contribution in [3.8, 4) is 11.6 Å². The van der Waals surface area contributed by atoms with Gasteiger partial charge in [-0.15, -0.1) is 5.10 Å². The van der Waals surface area contributed by atoms with Gasteiger partial charge in [0.15, 0.2) is 0 Å². The maximum atomic E-state index is 5.50.